The molecule has 2 N–H and O–H groups in total. The Morgan fingerprint density at radius 3 is 2.81 bits per heavy atom. The van der Waals surface area contributed by atoms with Gasteiger partial charge in [0.15, 0.2) is 6.61 Å². The maximum absolute atomic E-state index is 12.8. The topological polar surface area (TPSA) is 70.7 Å². The lowest BCUT2D eigenvalue weighted by Gasteiger charge is -2.37. The summed E-state index contributed by atoms with van der Waals surface area (Å²) in [5.74, 6) is -0.122. The number of hydrogen-bond acceptors (Lipinski definition) is 4. The van der Waals surface area contributed by atoms with Gasteiger partial charge in [0.1, 0.15) is 11.9 Å². The summed E-state index contributed by atoms with van der Waals surface area (Å²) < 4.78 is 6.34. The van der Waals surface area contributed by atoms with Crippen molar-refractivity contribution in [2.45, 2.75) is 26.4 Å². The average Bonchev–Trinajstić information content (AvgIpc) is 2.63. The van der Waals surface area contributed by atoms with Gasteiger partial charge in [-0.1, -0.05) is 34.5 Å². The summed E-state index contributed by atoms with van der Waals surface area (Å²) in [6.07, 6.45) is 0.283. The number of ether oxygens (including phenoxy) is 1. The number of carbonyl (C=O) groups is 2. The van der Waals surface area contributed by atoms with Crippen LogP contribution in [0.3, 0.4) is 0 Å². The van der Waals surface area contributed by atoms with E-state index in [-0.39, 0.29) is 18.7 Å². The van der Waals surface area contributed by atoms with Gasteiger partial charge in [0.05, 0.1) is 5.56 Å². The molecule has 1 atom stereocenters. The van der Waals surface area contributed by atoms with Crippen LogP contribution in [-0.2, 0) is 4.79 Å². The van der Waals surface area contributed by atoms with E-state index in [0.29, 0.717) is 22.8 Å². The van der Waals surface area contributed by atoms with Crippen molar-refractivity contribution in [2.24, 2.45) is 0 Å². The third-order valence-corrected chi connectivity index (χ3v) is 4.92. The molecule has 1 unspecified atom stereocenters. The number of halogens is 2. The van der Waals surface area contributed by atoms with Crippen molar-refractivity contribution in [1.29, 1.82) is 0 Å². The minimum Gasteiger partial charge on any atom is -0.483 e. The van der Waals surface area contributed by atoms with Gasteiger partial charge in [-0.05, 0) is 55.3 Å². The van der Waals surface area contributed by atoms with Crippen LogP contribution in [0.15, 0.2) is 40.9 Å². The van der Waals surface area contributed by atoms with E-state index in [0.717, 1.165) is 15.7 Å². The SMILES string of the molecule is CCC1Nc2ccc(Br)cc2C(=O)N1NC(=O)COc1ccc(Cl)cc1C. The van der Waals surface area contributed by atoms with E-state index in [1.165, 1.54) is 5.01 Å². The molecule has 0 saturated heterocycles. The summed E-state index contributed by atoms with van der Waals surface area (Å²) >= 11 is 9.29. The van der Waals surface area contributed by atoms with Gasteiger partial charge in [0.25, 0.3) is 11.8 Å². The molecule has 2 aromatic carbocycles. The zero-order valence-electron chi connectivity index (χ0n) is 14.9. The summed E-state index contributed by atoms with van der Waals surface area (Å²) in [5.41, 5.74) is 4.71. The first-order valence-corrected chi connectivity index (χ1v) is 9.64. The molecule has 2 amide bonds. The lowest BCUT2D eigenvalue weighted by molar-refractivity contribution is -0.127. The fraction of sp³-hybridized carbons (Fsp3) is 0.263. The van der Waals surface area contributed by atoms with E-state index in [2.05, 4.69) is 26.7 Å². The number of hydrogen-bond donors (Lipinski definition) is 2. The molecule has 0 radical (unpaired) electrons. The van der Waals surface area contributed by atoms with E-state index < -0.39 is 5.91 Å². The lowest BCUT2D eigenvalue weighted by atomic mass is 10.1. The van der Waals surface area contributed by atoms with Gasteiger partial charge < -0.3 is 10.1 Å². The Hall–Kier alpha value is -2.25. The predicted molar refractivity (Wildman–Crippen MR) is 108 cm³/mol. The molecule has 0 spiro atoms. The van der Waals surface area contributed by atoms with E-state index in [4.69, 9.17) is 16.3 Å². The zero-order valence-corrected chi connectivity index (χ0v) is 17.2. The second-order valence-electron chi connectivity index (χ2n) is 6.17. The first-order chi connectivity index (χ1) is 12.9. The Balaban J connectivity index is 1.69. The Morgan fingerprint density at radius 2 is 2.11 bits per heavy atom. The standard InChI is InChI=1S/C19H19BrClN3O3/c1-3-17-22-15-6-4-12(20)9-14(15)19(26)24(17)23-18(25)10-27-16-7-5-13(21)8-11(16)2/h4-9,17,22H,3,10H2,1-2H3,(H,23,25). The van der Waals surface area contributed by atoms with Crippen LogP contribution in [0.1, 0.15) is 29.3 Å². The van der Waals surface area contributed by atoms with Crippen molar-refractivity contribution in [1.82, 2.24) is 10.4 Å². The minimum atomic E-state index is -0.420. The molecule has 8 heteroatoms. The van der Waals surface area contributed by atoms with Crippen LogP contribution in [0.2, 0.25) is 5.02 Å². The Kier molecular flexibility index (Phi) is 5.92. The van der Waals surface area contributed by atoms with Crippen LogP contribution in [-0.4, -0.2) is 29.6 Å². The second kappa shape index (κ2) is 8.19. The number of benzene rings is 2. The molecule has 0 bridgehead atoms. The van der Waals surface area contributed by atoms with Crippen molar-refractivity contribution in [3.05, 3.63) is 57.0 Å². The van der Waals surface area contributed by atoms with E-state index in [1.807, 2.05) is 26.0 Å². The third-order valence-electron chi connectivity index (χ3n) is 4.19. The molecule has 3 rings (SSSR count). The highest BCUT2D eigenvalue weighted by Gasteiger charge is 2.32. The Labute approximate surface area is 170 Å². The van der Waals surface area contributed by atoms with Crippen LogP contribution in [0.4, 0.5) is 5.69 Å². The fourth-order valence-corrected chi connectivity index (χ4v) is 3.42. The van der Waals surface area contributed by atoms with Crippen LogP contribution in [0, 0.1) is 6.92 Å². The molecular weight excluding hydrogens is 434 g/mol. The molecule has 0 aliphatic carbocycles. The normalized spacial score (nSPS) is 15.8. The van der Waals surface area contributed by atoms with Gasteiger partial charge in [-0.2, -0.15) is 0 Å². The predicted octanol–water partition coefficient (Wildman–Crippen LogP) is 4.12. The van der Waals surface area contributed by atoms with E-state index in [1.54, 1.807) is 24.3 Å². The molecule has 2 aromatic rings. The first kappa shape index (κ1) is 19.5. The number of carbonyl (C=O) groups excluding carboxylic acids is 2. The van der Waals surface area contributed by atoms with Gasteiger partial charge in [0, 0.05) is 15.2 Å². The number of aryl methyl sites for hydroxylation is 1. The quantitative estimate of drug-likeness (QED) is 0.716. The summed E-state index contributed by atoms with van der Waals surface area (Å²) in [7, 11) is 0. The Morgan fingerprint density at radius 1 is 1.33 bits per heavy atom. The zero-order chi connectivity index (χ0) is 19.6. The van der Waals surface area contributed by atoms with Crippen LogP contribution in [0.25, 0.3) is 0 Å². The first-order valence-electron chi connectivity index (χ1n) is 8.47. The molecule has 27 heavy (non-hydrogen) atoms. The lowest BCUT2D eigenvalue weighted by Crippen LogP contribution is -2.57. The number of anilines is 1. The molecular formula is C19H19BrClN3O3. The summed E-state index contributed by atoms with van der Waals surface area (Å²) in [6.45, 7) is 3.56. The largest absolute Gasteiger partial charge is 0.483 e. The molecule has 1 aliphatic rings. The number of hydrazine groups is 1. The summed E-state index contributed by atoms with van der Waals surface area (Å²) in [4.78, 5) is 25.2. The number of nitrogens with zero attached hydrogens (tertiary/aromatic N) is 1. The van der Waals surface area contributed by atoms with Gasteiger partial charge in [-0.15, -0.1) is 0 Å². The smallest absolute Gasteiger partial charge is 0.276 e. The maximum Gasteiger partial charge on any atom is 0.276 e. The number of fused-ring (bicyclic) bond motifs is 1. The van der Waals surface area contributed by atoms with Gasteiger partial charge in [-0.25, -0.2) is 5.01 Å². The molecule has 1 aliphatic heterocycles. The highest BCUT2D eigenvalue weighted by atomic mass is 79.9. The Bertz CT molecular complexity index is 890. The highest BCUT2D eigenvalue weighted by molar-refractivity contribution is 9.10. The molecule has 6 nitrogen and oxygen atoms in total. The summed E-state index contributed by atoms with van der Waals surface area (Å²) in [6, 6.07) is 10.6. The van der Waals surface area contributed by atoms with Gasteiger partial charge in [-0.3, -0.25) is 15.0 Å². The van der Waals surface area contributed by atoms with Crippen molar-refractivity contribution in [2.75, 3.05) is 11.9 Å². The molecule has 0 aromatic heterocycles. The number of rotatable bonds is 5. The van der Waals surface area contributed by atoms with Crippen molar-refractivity contribution in [3.8, 4) is 5.75 Å². The fourth-order valence-electron chi connectivity index (χ4n) is 2.83. The summed E-state index contributed by atoms with van der Waals surface area (Å²) in [5, 5.41) is 5.18. The van der Waals surface area contributed by atoms with Gasteiger partial charge in [0.2, 0.25) is 0 Å². The molecule has 142 valence electrons. The second-order valence-corrected chi connectivity index (χ2v) is 7.52. The highest BCUT2D eigenvalue weighted by Crippen LogP contribution is 2.28. The van der Waals surface area contributed by atoms with Crippen molar-refractivity contribution < 1.29 is 14.3 Å². The van der Waals surface area contributed by atoms with Crippen LogP contribution < -0.4 is 15.5 Å². The number of amides is 2. The van der Waals surface area contributed by atoms with Crippen LogP contribution >= 0.6 is 27.5 Å². The van der Waals surface area contributed by atoms with Crippen molar-refractivity contribution >= 4 is 45.0 Å². The van der Waals surface area contributed by atoms with Crippen LogP contribution in [0.5, 0.6) is 5.75 Å². The monoisotopic (exact) mass is 451 g/mol. The third kappa shape index (κ3) is 4.36. The molecule has 1 heterocycles. The molecule has 0 saturated carbocycles. The van der Waals surface area contributed by atoms with E-state index in [9.17, 15) is 9.59 Å². The minimum absolute atomic E-state index is 0.214. The van der Waals surface area contributed by atoms with Gasteiger partial charge >= 0.3 is 0 Å². The van der Waals surface area contributed by atoms with E-state index >= 15 is 0 Å². The number of nitrogens with one attached hydrogen (secondary N) is 2. The van der Waals surface area contributed by atoms with Crippen molar-refractivity contribution in [3.63, 3.8) is 0 Å². The molecule has 0 fully saturated rings. The maximum atomic E-state index is 12.8. The average molecular weight is 453 g/mol.